The zero-order chi connectivity index (χ0) is 25.0. The van der Waals surface area contributed by atoms with Gasteiger partial charge in [-0.1, -0.05) is 76.6 Å². The Labute approximate surface area is 211 Å². The monoisotopic (exact) mass is 539 g/mol. The number of carboxylic acid groups (broad SMARTS) is 1. The summed E-state index contributed by atoms with van der Waals surface area (Å²) in [5.74, 6) is -1.29. The minimum Gasteiger partial charge on any atom is -0.480 e. The van der Waals surface area contributed by atoms with Crippen LogP contribution >= 0.6 is 15.9 Å². The zero-order valence-corrected chi connectivity index (χ0v) is 20.5. The van der Waals surface area contributed by atoms with E-state index in [1.807, 2.05) is 66.7 Å². The van der Waals surface area contributed by atoms with Crippen LogP contribution in [-0.2, 0) is 20.9 Å². The van der Waals surface area contributed by atoms with Crippen molar-refractivity contribution >= 4 is 39.6 Å². The van der Waals surface area contributed by atoms with Gasteiger partial charge < -0.3 is 20.5 Å². The maximum Gasteiger partial charge on any atom is 0.407 e. The Balaban J connectivity index is 1.61. The smallest absolute Gasteiger partial charge is 0.407 e. The summed E-state index contributed by atoms with van der Waals surface area (Å²) >= 11 is 3.45. The molecule has 0 aliphatic rings. The summed E-state index contributed by atoms with van der Waals surface area (Å²) in [6, 6.07) is 23.6. The summed E-state index contributed by atoms with van der Waals surface area (Å²) in [6.45, 7) is -0.00942. The predicted octanol–water partition coefficient (Wildman–Crippen LogP) is 4.47. The van der Waals surface area contributed by atoms with Crippen LogP contribution in [0.4, 0.5) is 10.5 Å². The van der Waals surface area contributed by atoms with Gasteiger partial charge in [0.1, 0.15) is 6.61 Å². The molecule has 0 unspecified atom stereocenters. The van der Waals surface area contributed by atoms with Gasteiger partial charge in [-0.25, -0.2) is 4.79 Å². The third kappa shape index (κ3) is 8.55. The van der Waals surface area contributed by atoms with Gasteiger partial charge in [0.2, 0.25) is 5.91 Å². The zero-order valence-electron chi connectivity index (χ0n) is 18.9. The van der Waals surface area contributed by atoms with E-state index >= 15 is 0 Å². The number of halogens is 1. The highest BCUT2D eigenvalue weighted by Gasteiger charge is 2.20. The van der Waals surface area contributed by atoms with E-state index in [4.69, 9.17) is 4.74 Å². The fraction of sp³-hybridized carbons (Fsp3) is 0.192. The van der Waals surface area contributed by atoms with Gasteiger partial charge in [-0.05, 0) is 34.9 Å². The number of aliphatic carboxylic acids is 1. The van der Waals surface area contributed by atoms with Gasteiger partial charge in [-0.2, -0.15) is 0 Å². The standard InChI is InChI=1S/C26H26BrN3O5/c27-20-11-12-22(21(15-20)25(29-16-24(32)33)19-9-5-2-6-10-19)30-23(31)13-14-28-26(34)35-17-18-7-3-1-4-8-18/h1-12,15,25,29H,13-14,16-17H2,(H,28,34)(H,30,31)(H,32,33)/t25-/m0/s1. The molecule has 0 heterocycles. The maximum absolute atomic E-state index is 12.6. The highest BCUT2D eigenvalue weighted by molar-refractivity contribution is 9.10. The highest BCUT2D eigenvalue weighted by atomic mass is 79.9. The molecular weight excluding hydrogens is 514 g/mol. The lowest BCUT2D eigenvalue weighted by molar-refractivity contribution is -0.136. The van der Waals surface area contributed by atoms with Crippen molar-refractivity contribution in [3.05, 3.63) is 100 Å². The molecule has 0 saturated carbocycles. The van der Waals surface area contributed by atoms with Crippen LogP contribution in [-0.4, -0.2) is 36.2 Å². The van der Waals surface area contributed by atoms with Gasteiger partial charge in [-0.3, -0.25) is 14.9 Å². The van der Waals surface area contributed by atoms with Crippen molar-refractivity contribution in [2.75, 3.05) is 18.4 Å². The summed E-state index contributed by atoms with van der Waals surface area (Å²) in [5.41, 5.74) is 2.96. The van der Waals surface area contributed by atoms with E-state index < -0.39 is 18.1 Å². The van der Waals surface area contributed by atoms with E-state index in [9.17, 15) is 19.5 Å². The number of alkyl carbamates (subject to hydrolysis) is 1. The fourth-order valence-electron chi connectivity index (χ4n) is 3.39. The average molecular weight is 540 g/mol. The second-order valence-electron chi connectivity index (χ2n) is 7.64. The largest absolute Gasteiger partial charge is 0.480 e. The van der Waals surface area contributed by atoms with Crippen molar-refractivity contribution in [2.45, 2.75) is 19.1 Å². The summed E-state index contributed by atoms with van der Waals surface area (Å²) in [7, 11) is 0. The average Bonchev–Trinajstić information content (AvgIpc) is 2.85. The Kier molecular flexibility index (Phi) is 9.82. The molecule has 3 rings (SSSR count). The summed E-state index contributed by atoms with van der Waals surface area (Å²) < 4.78 is 5.93. The van der Waals surface area contributed by atoms with Gasteiger partial charge in [0.05, 0.1) is 12.6 Å². The Morgan fingerprint density at radius 2 is 1.63 bits per heavy atom. The van der Waals surface area contributed by atoms with Crippen LogP contribution in [0.25, 0.3) is 0 Å². The number of ether oxygens (including phenoxy) is 1. The van der Waals surface area contributed by atoms with E-state index in [1.54, 1.807) is 12.1 Å². The summed E-state index contributed by atoms with van der Waals surface area (Å²) in [5, 5.41) is 17.7. The molecule has 35 heavy (non-hydrogen) atoms. The number of hydrogen-bond donors (Lipinski definition) is 4. The summed E-state index contributed by atoms with van der Waals surface area (Å²) in [4.78, 5) is 35.7. The molecule has 0 fully saturated rings. The van der Waals surface area contributed by atoms with Crippen molar-refractivity contribution in [1.29, 1.82) is 0 Å². The second kappa shape index (κ2) is 13.3. The van der Waals surface area contributed by atoms with Gasteiger partial charge in [0, 0.05) is 23.1 Å². The number of carboxylic acids is 1. The molecule has 2 amide bonds. The molecule has 4 N–H and O–H groups in total. The Morgan fingerprint density at radius 3 is 2.31 bits per heavy atom. The lowest BCUT2D eigenvalue weighted by Gasteiger charge is -2.22. The Bertz CT molecular complexity index is 1140. The molecule has 9 heteroatoms. The molecule has 0 radical (unpaired) electrons. The van der Waals surface area contributed by atoms with Crippen molar-refractivity contribution in [3.63, 3.8) is 0 Å². The van der Waals surface area contributed by atoms with Crippen molar-refractivity contribution in [1.82, 2.24) is 10.6 Å². The SMILES string of the molecule is O=C(O)CN[C@@H](c1ccccc1)c1cc(Br)ccc1NC(=O)CCNC(=O)OCc1ccccc1. The predicted molar refractivity (Wildman–Crippen MR) is 136 cm³/mol. The van der Waals surface area contributed by atoms with Crippen LogP contribution in [0.5, 0.6) is 0 Å². The second-order valence-corrected chi connectivity index (χ2v) is 8.55. The van der Waals surface area contributed by atoms with Crippen LogP contribution < -0.4 is 16.0 Å². The third-order valence-electron chi connectivity index (χ3n) is 5.02. The van der Waals surface area contributed by atoms with E-state index in [0.29, 0.717) is 11.3 Å². The van der Waals surface area contributed by atoms with Crippen LogP contribution in [0.15, 0.2) is 83.3 Å². The Morgan fingerprint density at radius 1 is 0.943 bits per heavy atom. The number of rotatable bonds is 11. The number of anilines is 1. The van der Waals surface area contributed by atoms with E-state index in [-0.39, 0.29) is 32.0 Å². The number of nitrogens with one attached hydrogen (secondary N) is 3. The van der Waals surface area contributed by atoms with E-state index in [2.05, 4.69) is 31.9 Å². The summed E-state index contributed by atoms with van der Waals surface area (Å²) in [6.07, 6.45) is -0.567. The van der Waals surface area contributed by atoms with Crippen molar-refractivity contribution in [2.24, 2.45) is 0 Å². The van der Waals surface area contributed by atoms with Crippen molar-refractivity contribution in [3.8, 4) is 0 Å². The minimum absolute atomic E-state index is 0.0362. The fourth-order valence-corrected chi connectivity index (χ4v) is 3.77. The van der Waals surface area contributed by atoms with Crippen LogP contribution in [0.3, 0.4) is 0 Å². The van der Waals surface area contributed by atoms with Crippen LogP contribution in [0, 0.1) is 0 Å². The van der Waals surface area contributed by atoms with Crippen LogP contribution in [0.2, 0.25) is 0 Å². The number of carbonyl (C=O) groups is 3. The first-order chi connectivity index (χ1) is 16.9. The number of benzene rings is 3. The first-order valence-corrected chi connectivity index (χ1v) is 11.8. The van der Waals surface area contributed by atoms with Gasteiger partial charge >= 0.3 is 12.1 Å². The quantitative estimate of drug-likeness (QED) is 0.285. The molecule has 8 nitrogen and oxygen atoms in total. The molecule has 0 saturated heterocycles. The molecule has 0 aliphatic heterocycles. The van der Waals surface area contributed by atoms with Gasteiger partial charge in [0.25, 0.3) is 0 Å². The number of carbonyl (C=O) groups excluding carboxylic acids is 2. The van der Waals surface area contributed by atoms with Gasteiger partial charge in [0.15, 0.2) is 0 Å². The molecular formula is C26H26BrN3O5. The first kappa shape index (κ1) is 25.9. The number of amides is 2. The topological polar surface area (TPSA) is 117 Å². The third-order valence-corrected chi connectivity index (χ3v) is 5.52. The molecule has 3 aromatic rings. The molecule has 1 atom stereocenters. The molecule has 0 aromatic heterocycles. The number of hydrogen-bond acceptors (Lipinski definition) is 5. The van der Waals surface area contributed by atoms with Crippen LogP contribution in [0.1, 0.15) is 29.2 Å². The lowest BCUT2D eigenvalue weighted by atomic mass is 9.97. The molecule has 182 valence electrons. The molecule has 0 bridgehead atoms. The lowest BCUT2D eigenvalue weighted by Crippen LogP contribution is -2.30. The Hall–Kier alpha value is -3.69. The maximum atomic E-state index is 12.6. The van der Waals surface area contributed by atoms with Crippen molar-refractivity contribution < 1.29 is 24.2 Å². The van der Waals surface area contributed by atoms with Gasteiger partial charge in [-0.15, -0.1) is 0 Å². The minimum atomic E-state index is -0.989. The normalized spacial score (nSPS) is 11.3. The molecule has 0 spiro atoms. The molecule has 3 aromatic carbocycles. The highest BCUT2D eigenvalue weighted by Crippen LogP contribution is 2.31. The first-order valence-electron chi connectivity index (χ1n) is 11.0. The van der Waals surface area contributed by atoms with E-state index in [1.165, 1.54) is 0 Å². The molecule has 0 aliphatic carbocycles. The van der Waals surface area contributed by atoms with E-state index in [0.717, 1.165) is 15.6 Å².